The van der Waals surface area contributed by atoms with Crippen LogP contribution in [0.15, 0.2) is 24.3 Å². The van der Waals surface area contributed by atoms with Crippen LogP contribution in [-0.2, 0) is 10.0 Å². The molecule has 0 saturated heterocycles. The number of amides is 1. The molecule has 1 fully saturated rings. The molecule has 1 saturated carbocycles. The van der Waals surface area contributed by atoms with Crippen LogP contribution >= 0.6 is 0 Å². The minimum Gasteiger partial charge on any atom is -0.497 e. The van der Waals surface area contributed by atoms with E-state index in [1.54, 1.807) is 31.4 Å². The zero-order chi connectivity index (χ0) is 19.4. The Bertz CT molecular complexity index is 714. The highest BCUT2D eigenvalue weighted by Crippen LogP contribution is 2.38. The number of hydrogen-bond acceptors (Lipinski definition) is 4. The fourth-order valence-corrected chi connectivity index (χ4v) is 5.07. The first kappa shape index (κ1) is 20.7. The molecule has 1 aliphatic rings. The molecule has 0 spiro atoms. The van der Waals surface area contributed by atoms with Crippen molar-refractivity contribution in [1.29, 1.82) is 0 Å². The van der Waals surface area contributed by atoms with E-state index < -0.39 is 10.0 Å². The second kappa shape index (κ2) is 8.39. The number of nitrogens with one attached hydrogen (secondary N) is 2. The van der Waals surface area contributed by atoms with E-state index in [-0.39, 0.29) is 29.7 Å². The maximum Gasteiger partial charge on any atom is 0.251 e. The zero-order valence-corrected chi connectivity index (χ0v) is 16.9. The van der Waals surface area contributed by atoms with Gasteiger partial charge in [-0.05, 0) is 54.9 Å². The number of rotatable bonds is 7. The van der Waals surface area contributed by atoms with Gasteiger partial charge in [0, 0.05) is 18.2 Å². The predicted molar refractivity (Wildman–Crippen MR) is 103 cm³/mol. The van der Waals surface area contributed by atoms with E-state index in [4.69, 9.17) is 4.74 Å². The summed E-state index contributed by atoms with van der Waals surface area (Å²) in [7, 11) is -1.87. The molecular formula is C19H30N2O4S. The summed E-state index contributed by atoms with van der Waals surface area (Å²) in [6.45, 7) is 6.60. The van der Waals surface area contributed by atoms with Crippen molar-refractivity contribution in [1.82, 2.24) is 10.0 Å². The summed E-state index contributed by atoms with van der Waals surface area (Å²) in [5, 5.41) is 2.66. The number of ether oxygens (including phenoxy) is 1. The van der Waals surface area contributed by atoms with Crippen molar-refractivity contribution < 1.29 is 17.9 Å². The van der Waals surface area contributed by atoms with Gasteiger partial charge in [-0.3, -0.25) is 4.79 Å². The summed E-state index contributed by atoms with van der Waals surface area (Å²) in [5.74, 6) is 0.745. The van der Waals surface area contributed by atoms with Crippen molar-refractivity contribution in [3.8, 4) is 5.75 Å². The standard InChI is InChI=1S/C19H30N2O4S/c1-14-11-16(13-19(2,3)12-14)21-26(23,24)10-9-20-18(22)15-5-7-17(25-4)8-6-15/h5-8,14,16,21H,9-13H2,1-4H3,(H,20,22)/t14-,16+/m0/s1. The van der Waals surface area contributed by atoms with E-state index in [0.29, 0.717) is 17.2 Å². The van der Waals surface area contributed by atoms with E-state index >= 15 is 0 Å². The average molecular weight is 383 g/mol. The van der Waals surface area contributed by atoms with Gasteiger partial charge in [0.25, 0.3) is 5.91 Å². The Balaban J connectivity index is 1.82. The molecule has 0 heterocycles. The Morgan fingerprint density at radius 3 is 2.46 bits per heavy atom. The second-order valence-corrected chi connectivity index (χ2v) is 9.90. The van der Waals surface area contributed by atoms with Crippen molar-refractivity contribution in [2.24, 2.45) is 11.3 Å². The molecule has 0 unspecified atom stereocenters. The molecule has 0 aliphatic heterocycles. The number of hydrogen-bond donors (Lipinski definition) is 2. The van der Waals surface area contributed by atoms with Gasteiger partial charge < -0.3 is 10.1 Å². The Labute approximate surface area is 156 Å². The van der Waals surface area contributed by atoms with E-state index in [1.165, 1.54) is 0 Å². The van der Waals surface area contributed by atoms with Crippen LogP contribution in [0.1, 0.15) is 50.4 Å². The van der Waals surface area contributed by atoms with E-state index in [2.05, 4.69) is 30.8 Å². The summed E-state index contributed by atoms with van der Waals surface area (Å²) in [6, 6.07) is 6.65. The summed E-state index contributed by atoms with van der Waals surface area (Å²) >= 11 is 0. The summed E-state index contributed by atoms with van der Waals surface area (Å²) in [5.41, 5.74) is 0.618. The molecule has 1 aromatic carbocycles. The number of carbonyl (C=O) groups excluding carboxylic acids is 1. The Morgan fingerprint density at radius 1 is 1.23 bits per heavy atom. The molecular weight excluding hydrogens is 352 g/mol. The quantitative estimate of drug-likeness (QED) is 0.759. The van der Waals surface area contributed by atoms with Gasteiger partial charge in [-0.15, -0.1) is 0 Å². The Morgan fingerprint density at radius 2 is 1.88 bits per heavy atom. The average Bonchev–Trinajstić information content (AvgIpc) is 2.52. The maximum atomic E-state index is 12.3. The molecule has 2 atom stereocenters. The molecule has 7 heteroatoms. The molecule has 0 radical (unpaired) electrons. The fraction of sp³-hybridized carbons (Fsp3) is 0.632. The molecule has 1 amide bonds. The van der Waals surface area contributed by atoms with Crippen LogP contribution in [0.3, 0.4) is 0 Å². The number of methoxy groups -OCH3 is 1. The van der Waals surface area contributed by atoms with Crippen LogP contribution in [0.4, 0.5) is 0 Å². The van der Waals surface area contributed by atoms with Crippen LogP contribution in [0.5, 0.6) is 5.75 Å². The van der Waals surface area contributed by atoms with Gasteiger partial charge in [0.05, 0.1) is 12.9 Å². The molecule has 1 aliphatic carbocycles. The maximum absolute atomic E-state index is 12.3. The summed E-state index contributed by atoms with van der Waals surface area (Å²) in [4.78, 5) is 12.1. The molecule has 1 aromatic rings. The first-order valence-electron chi connectivity index (χ1n) is 9.02. The predicted octanol–water partition coefficient (Wildman–Crippen LogP) is 2.56. The third-order valence-corrected chi connectivity index (χ3v) is 6.18. The summed E-state index contributed by atoms with van der Waals surface area (Å²) in [6.07, 6.45) is 2.82. The molecule has 6 nitrogen and oxygen atoms in total. The molecule has 26 heavy (non-hydrogen) atoms. The lowest BCUT2D eigenvalue weighted by atomic mass is 9.71. The highest BCUT2D eigenvalue weighted by Gasteiger charge is 2.33. The first-order valence-corrected chi connectivity index (χ1v) is 10.7. The van der Waals surface area contributed by atoms with Gasteiger partial charge in [-0.25, -0.2) is 13.1 Å². The van der Waals surface area contributed by atoms with Gasteiger partial charge in [0.1, 0.15) is 5.75 Å². The van der Waals surface area contributed by atoms with E-state index in [1.807, 2.05) is 0 Å². The topological polar surface area (TPSA) is 84.5 Å². The monoisotopic (exact) mass is 382 g/mol. The second-order valence-electron chi connectivity index (χ2n) is 8.03. The smallest absolute Gasteiger partial charge is 0.251 e. The van der Waals surface area contributed by atoms with Crippen LogP contribution in [0.2, 0.25) is 0 Å². The lowest BCUT2D eigenvalue weighted by Gasteiger charge is -2.39. The molecule has 2 rings (SSSR count). The fourth-order valence-electron chi connectivity index (χ4n) is 3.89. The highest BCUT2D eigenvalue weighted by atomic mass is 32.2. The minimum atomic E-state index is -3.43. The zero-order valence-electron chi connectivity index (χ0n) is 16.0. The number of sulfonamides is 1. The Hall–Kier alpha value is -1.60. The molecule has 146 valence electrons. The minimum absolute atomic E-state index is 0.0314. The van der Waals surface area contributed by atoms with Crippen molar-refractivity contribution in [2.45, 2.75) is 46.1 Å². The van der Waals surface area contributed by atoms with Crippen LogP contribution in [0, 0.1) is 11.3 Å². The lowest BCUT2D eigenvalue weighted by molar-refractivity contribution is 0.0956. The van der Waals surface area contributed by atoms with Crippen molar-refractivity contribution in [2.75, 3.05) is 19.4 Å². The van der Waals surface area contributed by atoms with Gasteiger partial charge in [0.15, 0.2) is 0 Å². The van der Waals surface area contributed by atoms with E-state index in [9.17, 15) is 13.2 Å². The van der Waals surface area contributed by atoms with Crippen LogP contribution < -0.4 is 14.8 Å². The van der Waals surface area contributed by atoms with Crippen molar-refractivity contribution in [3.63, 3.8) is 0 Å². The number of benzene rings is 1. The van der Waals surface area contributed by atoms with Crippen molar-refractivity contribution in [3.05, 3.63) is 29.8 Å². The third kappa shape index (κ3) is 6.29. The molecule has 0 bridgehead atoms. The lowest BCUT2D eigenvalue weighted by Crippen LogP contribution is -2.45. The molecule has 0 aromatic heterocycles. The normalized spacial score (nSPS) is 22.6. The van der Waals surface area contributed by atoms with Gasteiger partial charge in [-0.1, -0.05) is 20.8 Å². The van der Waals surface area contributed by atoms with Gasteiger partial charge in [0.2, 0.25) is 10.0 Å². The van der Waals surface area contributed by atoms with E-state index in [0.717, 1.165) is 19.3 Å². The number of carbonyl (C=O) groups is 1. The van der Waals surface area contributed by atoms with Crippen LogP contribution in [0.25, 0.3) is 0 Å². The van der Waals surface area contributed by atoms with Gasteiger partial charge in [-0.2, -0.15) is 0 Å². The first-order chi connectivity index (χ1) is 12.1. The Kier molecular flexibility index (Phi) is 6.69. The molecule has 2 N–H and O–H groups in total. The van der Waals surface area contributed by atoms with Crippen molar-refractivity contribution >= 4 is 15.9 Å². The SMILES string of the molecule is COc1ccc(C(=O)NCCS(=O)(=O)N[C@@H]2C[C@H](C)CC(C)(C)C2)cc1. The van der Waals surface area contributed by atoms with Gasteiger partial charge >= 0.3 is 0 Å². The third-order valence-electron chi connectivity index (χ3n) is 4.74. The highest BCUT2D eigenvalue weighted by molar-refractivity contribution is 7.89. The largest absolute Gasteiger partial charge is 0.497 e. The summed E-state index contributed by atoms with van der Waals surface area (Å²) < 4.78 is 32.5. The van der Waals surface area contributed by atoms with Crippen LogP contribution in [-0.4, -0.2) is 39.8 Å².